The van der Waals surface area contributed by atoms with Gasteiger partial charge >= 0.3 is 6.03 Å². The van der Waals surface area contributed by atoms with Crippen molar-refractivity contribution < 1.29 is 19.1 Å². The molecule has 1 N–H and O–H groups in total. The summed E-state index contributed by atoms with van der Waals surface area (Å²) in [6.45, 7) is 0.969. The molecule has 7 heteroatoms. The molecule has 0 unspecified atom stereocenters. The highest BCUT2D eigenvalue weighted by atomic mass is 127. The zero-order chi connectivity index (χ0) is 16.2. The fourth-order valence-corrected chi connectivity index (χ4v) is 2.81. The Morgan fingerprint density at radius 1 is 1.13 bits per heavy atom. The number of nitrogens with one attached hydrogen (secondary N) is 1. The molecule has 0 saturated carbocycles. The Bertz CT molecular complexity index is 751. The normalized spacial score (nSPS) is 12.4. The minimum absolute atomic E-state index is 0.465. The van der Waals surface area contributed by atoms with Crippen molar-refractivity contribution in [1.82, 2.24) is 0 Å². The largest absolute Gasteiger partial charge is 0.486 e. The van der Waals surface area contributed by atoms with Crippen LogP contribution in [0.5, 0.6) is 11.5 Å². The highest BCUT2D eigenvalue weighted by Crippen LogP contribution is 2.32. The van der Waals surface area contributed by atoms with Gasteiger partial charge in [-0.1, -0.05) is 12.1 Å². The van der Waals surface area contributed by atoms with Crippen LogP contribution in [0.4, 0.5) is 16.2 Å². The average molecular weight is 424 g/mol. The quantitative estimate of drug-likeness (QED) is 0.607. The maximum absolute atomic E-state index is 12.4. The molecule has 1 aliphatic rings. The minimum Gasteiger partial charge on any atom is -0.486 e. The Hall–Kier alpha value is -2.29. The standard InChI is InChI=1S/C16H13IN2O4/c17-12-3-1-2-4-13(12)19(10-20)16(21)18-11-5-6-14-15(9-11)23-8-7-22-14/h1-6,9-10H,7-8H2,(H,18,21). The zero-order valence-electron chi connectivity index (χ0n) is 12.0. The Morgan fingerprint density at radius 2 is 1.87 bits per heavy atom. The van der Waals surface area contributed by atoms with E-state index >= 15 is 0 Å². The third-order valence-electron chi connectivity index (χ3n) is 3.23. The van der Waals surface area contributed by atoms with Gasteiger partial charge in [0.15, 0.2) is 11.5 Å². The number of carbonyl (C=O) groups is 2. The van der Waals surface area contributed by atoms with Gasteiger partial charge in [-0.25, -0.2) is 9.69 Å². The van der Waals surface area contributed by atoms with Crippen molar-refractivity contribution in [2.24, 2.45) is 0 Å². The molecule has 0 aliphatic carbocycles. The number of hydrogen-bond acceptors (Lipinski definition) is 4. The van der Waals surface area contributed by atoms with Crippen molar-refractivity contribution in [2.75, 3.05) is 23.4 Å². The van der Waals surface area contributed by atoms with Gasteiger partial charge in [0.1, 0.15) is 13.2 Å². The molecular weight excluding hydrogens is 411 g/mol. The number of rotatable bonds is 3. The predicted octanol–water partition coefficient (Wildman–Crippen LogP) is 3.26. The summed E-state index contributed by atoms with van der Waals surface area (Å²) in [5, 5.41) is 2.69. The van der Waals surface area contributed by atoms with Crippen LogP contribution in [0.25, 0.3) is 0 Å². The van der Waals surface area contributed by atoms with Crippen molar-refractivity contribution in [2.45, 2.75) is 0 Å². The van der Waals surface area contributed by atoms with Crippen molar-refractivity contribution in [3.8, 4) is 11.5 Å². The summed E-state index contributed by atoms with van der Waals surface area (Å²) in [7, 11) is 0. The van der Waals surface area contributed by atoms with E-state index in [1.807, 2.05) is 12.1 Å². The molecule has 118 valence electrons. The maximum atomic E-state index is 12.4. The van der Waals surface area contributed by atoms with E-state index in [1.54, 1.807) is 30.3 Å². The van der Waals surface area contributed by atoms with E-state index in [-0.39, 0.29) is 0 Å². The molecule has 23 heavy (non-hydrogen) atoms. The van der Waals surface area contributed by atoms with Crippen molar-refractivity contribution in [1.29, 1.82) is 0 Å². The van der Waals surface area contributed by atoms with E-state index < -0.39 is 6.03 Å². The lowest BCUT2D eigenvalue weighted by molar-refractivity contribution is -0.106. The summed E-state index contributed by atoms with van der Waals surface area (Å²) in [5.74, 6) is 1.21. The molecule has 0 saturated heterocycles. The van der Waals surface area contributed by atoms with Gasteiger partial charge < -0.3 is 14.8 Å². The predicted molar refractivity (Wildman–Crippen MR) is 94.2 cm³/mol. The number of amides is 3. The first-order valence-electron chi connectivity index (χ1n) is 6.89. The molecule has 0 radical (unpaired) electrons. The number of imide groups is 1. The Morgan fingerprint density at radius 3 is 2.61 bits per heavy atom. The smallest absolute Gasteiger partial charge is 0.333 e. The second-order valence-corrected chi connectivity index (χ2v) is 5.88. The van der Waals surface area contributed by atoms with Gasteiger partial charge in [0.25, 0.3) is 0 Å². The fraction of sp³-hybridized carbons (Fsp3) is 0.125. The Kier molecular flexibility index (Phi) is 4.65. The summed E-state index contributed by atoms with van der Waals surface area (Å²) in [6, 6.07) is 11.7. The molecular formula is C16H13IN2O4. The second-order valence-electron chi connectivity index (χ2n) is 4.72. The van der Waals surface area contributed by atoms with Crippen LogP contribution < -0.4 is 19.7 Å². The summed E-state index contributed by atoms with van der Waals surface area (Å²) < 4.78 is 11.7. The first kappa shape index (κ1) is 15.6. The topological polar surface area (TPSA) is 67.9 Å². The highest BCUT2D eigenvalue weighted by Gasteiger charge is 2.18. The van der Waals surface area contributed by atoms with Crippen LogP contribution in [0.3, 0.4) is 0 Å². The molecule has 0 fully saturated rings. The lowest BCUT2D eigenvalue weighted by Gasteiger charge is -2.20. The summed E-state index contributed by atoms with van der Waals surface area (Å²) in [6.07, 6.45) is 0.491. The van der Waals surface area contributed by atoms with E-state index in [2.05, 4.69) is 27.9 Å². The molecule has 2 aromatic carbocycles. The number of para-hydroxylation sites is 1. The van der Waals surface area contributed by atoms with Crippen molar-refractivity contribution >= 4 is 46.4 Å². The van der Waals surface area contributed by atoms with E-state index in [9.17, 15) is 9.59 Å². The van der Waals surface area contributed by atoms with E-state index in [0.717, 1.165) is 8.47 Å². The van der Waals surface area contributed by atoms with Gasteiger partial charge in [0.2, 0.25) is 6.41 Å². The van der Waals surface area contributed by atoms with E-state index in [0.29, 0.717) is 42.5 Å². The summed E-state index contributed by atoms with van der Waals surface area (Å²) >= 11 is 2.07. The van der Waals surface area contributed by atoms with Gasteiger partial charge in [-0.3, -0.25) is 4.79 Å². The summed E-state index contributed by atoms with van der Waals surface area (Å²) in [5.41, 5.74) is 1.05. The van der Waals surface area contributed by atoms with Crippen LogP contribution in [0.2, 0.25) is 0 Å². The van der Waals surface area contributed by atoms with Crippen molar-refractivity contribution in [3.63, 3.8) is 0 Å². The van der Waals surface area contributed by atoms with Gasteiger partial charge in [0, 0.05) is 15.3 Å². The van der Waals surface area contributed by atoms with E-state index in [1.165, 1.54) is 0 Å². The van der Waals surface area contributed by atoms with Gasteiger partial charge in [-0.15, -0.1) is 0 Å². The Labute approximate surface area is 146 Å². The number of urea groups is 1. The number of nitrogens with zero attached hydrogens (tertiary/aromatic N) is 1. The molecule has 1 aliphatic heterocycles. The van der Waals surface area contributed by atoms with Gasteiger partial charge in [-0.2, -0.15) is 0 Å². The molecule has 0 bridgehead atoms. The number of benzene rings is 2. The molecule has 1 heterocycles. The number of hydrogen-bond donors (Lipinski definition) is 1. The van der Waals surface area contributed by atoms with Crippen LogP contribution in [0.1, 0.15) is 0 Å². The zero-order valence-corrected chi connectivity index (χ0v) is 14.1. The third-order valence-corrected chi connectivity index (χ3v) is 4.14. The van der Waals surface area contributed by atoms with Crippen LogP contribution in [0, 0.1) is 3.57 Å². The maximum Gasteiger partial charge on any atom is 0.333 e. The molecule has 0 aromatic heterocycles. The van der Waals surface area contributed by atoms with Crippen LogP contribution in [-0.2, 0) is 4.79 Å². The molecule has 3 amide bonds. The van der Waals surface area contributed by atoms with Gasteiger partial charge in [-0.05, 0) is 46.9 Å². The molecule has 2 aromatic rings. The molecule has 0 atom stereocenters. The van der Waals surface area contributed by atoms with Crippen molar-refractivity contribution in [3.05, 3.63) is 46.0 Å². The number of anilines is 2. The number of fused-ring (bicyclic) bond motifs is 1. The number of ether oxygens (including phenoxy) is 2. The van der Waals surface area contributed by atoms with E-state index in [4.69, 9.17) is 9.47 Å². The fourth-order valence-electron chi connectivity index (χ4n) is 2.17. The number of carbonyl (C=O) groups excluding carboxylic acids is 2. The SMILES string of the molecule is O=CN(C(=O)Nc1ccc2c(c1)OCCO2)c1ccccc1I. The van der Waals surface area contributed by atoms with Crippen LogP contribution >= 0.6 is 22.6 Å². The third kappa shape index (κ3) is 3.39. The lowest BCUT2D eigenvalue weighted by Crippen LogP contribution is -2.34. The molecule has 0 spiro atoms. The van der Waals surface area contributed by atoms with Gasteiger partial charge in [0.05, 0.1) is 5.69 Å². The van der Waals surface area contributed by atoms with Crippen LogP contribution in [0.15, 0.2) is 42.5 Å². The monoisotopic (exact) mass is 424 g/mol. The highest BCUT2D eigenvalue weighted by molar-refractivity contribution is 14.1. The molecule has 3 rings (SSSR count). The first-order chi connectivity index (χ1) is 11.2. The average Bonchev–Trinajstić information content (AvgIpc) is 2.57. The minimum atomic E-state index is -0.541. The number of halogens is 1. The lowest BCUT2D eigenvalue weighted by atomic mass is 10.2. The molecule has 6 nitrogen and oxygen atoms in total. The van der Waals surface area contributed by atoms with Crippen LogP contribution in [-0.4, -0.2) is 25.7 Å². The Balaban J connectivity index is 1.80. The first-order valence-corrected chi connectivity index (χ1v) is 7.96. The summed E-state index contributed by atoms with van der Waals surface area (Å²) in [4.78, 5) is 24.7. The second kappa shape index (κ2) is 6.86.